The first-order valence-electron chi connectivity index (χ1n) is 4.82. The van der Waals surface area contributed by atoms with E-state index in [4.69, 9.17) is 11.6 Å². The molecular weight excluding hydrogens is 269 g/mol. The molecule has 0 saturated heterocycles. The zero-order chi connectivity index (χ0) is 12.6. The van der Waals surface area contributed by atoms with Crippen LogP contribution in [0, 0.1) is 24.4 Å². The number of alkyl halides is 1. The summed E-state index contributed by atoms with van der Waals surface area (Å²) in [6.07, 6.45) is 0. The van der Waals surface area contributed by atoms with Crippen molar-refractivity contribution in [1.82, 2.24) is 0 Å². The molecule has 0 nitrogen and oxygen atoms in total. The second-order valence-corrected chi connectivity index (χ2v) is 4.84. The Labute approximate surface area is 106 Å². The van der Waals surface area contributed by atoms with E-state index in [2.05, 4.69) is 0 Å². The van der Waals surface area contributed by atoms with Gasteiger partial charge in [0.05, 0.1) is 5.38 Å². The number of rotatable bonds is 2. The van der Waals surface area contributed by atoms with Gasteiger partial charge in [0.2, 0.25) is 0 Å². The highest BCUT2D eigenvalue weighted by Gasteiger charge is 2.20. The highest BCUT2D eigenvalue weighted by molar-refractivity contribution is 7.08. The van der Waals surface area contributed by atoms with Crippen molar-refractivity contribution in [3.8, 4) is 0 Å². The van der Waals surface area contributed by atoms with E-state index < -0.39 is 22.8 Å². The van der Waals surface area contributed by atoms with Gasteiger partial charge in [-0.1, -0.05) is 0 Å². The third-order valence-corrected chi connectivity index (χ3v) is 3.83. The Balaban J connectivity index is 2.48. The van der Waals surface area contributed by atoms with Crippen LogP contribution in [0.2, 0.25) is 0 Å². The topological polar surface area (TPSA) is 0 Å². The van der Waals surface area contributed by atoms with Gasteiger partial charge < -0.3 is 0 Å². The van der Waals surface area contributed by atoms with Gasteiger partial charge in [-0.2, -0.15) is 11.3 Å². The highest BCUT2D eigenvalue weighted by Crippen LogP contribution is 2.34. The summed E-state index contributed by atoms with van der Waals surface area (Å²) in [6, 6.07) is 1.32. The largest absolute Gasteiger partial charge is 0.207 e. The minimum atomic E-state index is -1.21. The van der Waals surface area contributed by atoms with E-state index in [0.717, 1.165) is 11.6 Å². The fourth-order valence-electron chi connectivity index (χ4n) is 1.53. The summed E-state index contributed by atoms with van der Waals surface area (Å²) in [6.45, 7) is 1.83. The fraction of sp³-hybridized carbons (Fsp3) is 0.167. The Hall–Kier alpha value is -1.00. The molecule has 1 unspecified atom stereocenters. The van der Waals surface area contributed by atoms with Crippen LogP contribution in [0.4, 0.5) is 13.2 Å². The highest BCUT2D eigenvalue weighted by atomic mass is 35.5. The van der Waals surface area contributed by atoms with Crippen LogP contribution < -0.4 is 0 Å². The van der Waals surface area contributed by atoms with Gasteiger partial charge in [0.25, 0.3) is 0 Å². The lowest BCUT2D eigenvalue weighted by Gasteiger charge is -2.11. The SMILES string of the molecule is Cc1cscc1C(Cl)c1cc(F)c(F)cc1F. The van der Waals surface area contributed by atoms with E-state index in [1.54, 1.807) is 5.38 Å². The van der Waals surface area contributed by atoms with Crippen molar-refractivity contribution in [2.45, 2.75) is 12.3 Å². The van der Waals surface area contributed by atoms with E-state index in [1.807, 2.05) is 12.3 Å². The third kappa shape index (κ3) is 2.33. The first kappa shape index (κ1) is 12.5. The summed E-state index contributed by atoms with van der Waals surface area (Å²) >= 11 is 7.51. The van der Waals surface area contributed by atoms with Crippen LogP contribution in [-0.4, -0.2) is 0 Å². The average Bonchev–Trinajstić information content (AvgIpc) is 2.69. The van der Waals surface area contributed by atoms with Crippen LogP contribution in [0.1, 0.15) is 22.1 Å². The quantitative estimate of drug-likeness (QED) is 0.546. The molecule has 0 fully saturated rings. The number of halogens is 4. The Morgan fingerprint density at radius 3 is 2.24 bits per heavy atom. The van der Waals surface area contributed by atoms with E-state index >= 15 is 0 Å². The summed E-state index contributed by atoms with van der Waals surface area (Å²) in [5.41, 5.74) is 1.56. The van der Waals surface area contributed by atoms with Crippen molar-refractivity contribution >= 4 is 22.9 Å². The summed E-state index contributed by atoms with van der Waals surface area (Å²) in [4.78, 5) is 0. The van der Waals surface area contributed by atoms with E-state index in [9.17, 15) is 13.2 Å². The molecule has 1 aromatic carbocycles. The number of hydrogen-bond donors (Lipinski definition) is 0. The van der Waals surface area contributed by atoms with Gasteiger partial charge in [-0.15, -0.1) is 11.6 Å². The van der Waals surface area contributed by atoms with Crippen molar-refractivity contribution in [1.29, 1.82) is 0 Å². The van der Waals surface area contributed by atoms with E-state index in [1.165, 1.54) is 11.3 Å². The molecule has 0 spiro atoms. The smallest absolute Gasteiger partial charge is 0.161 e. The van der Waals surface area contributed by atoms with Crippen LogP contribution in [0.5, 0.6) is 0 Å². The molecule has 2 aromatic rings. The number of thiophene rings is 1. The van der Waals surface area contributed by atoms with Gasteiger partial charge in [-0.25, -0.2) is 13.2 Å². The molecule has 17 heavy (non-hydrogen) atoms. The lowest BCUT2D eigenvalue weighted by atomic mass is 10.0. The molecule has 1 aromatic heterocycles. The van der Waals surface area contributed by atoms with Gasteiger partial charge in [0.15, 0.2) is 11.6 Å². The van der Waals surface area contributed by atoms with Gasteiger partial charge in [0, 0.05) is 11.6 Å². The maximum atomic E-state index is 13.5. The van der Waals surface area contributed by atoms with Gasteiger partial charge >= 0.3 is 0 Å². The average molecular weight is 277 g/mol. The molecule has 0 aliphatic heterocycles. The van der Waals surface area contributed by atoms with E-state index in [-0.39, 0.29) is 5.56 Å². The lowest BCUT2D eigenvalue weighted by molar-refractivity contribution is 0.490. The Bertz CT molecular complexity index is 551. The molecule has 0 bridgehead atoms. The van der Waals surface area contributed by atoms with Gasteiger partial charge in [-0.3, -0.25) is 0 Å². The third-order valence-electron chi connectivity index (χ3n) is 2.48. The first-order valence-corrected chi connectivity index (χ1v) is 6.20. The standard InChI is InChI=1S/C12H8ClF3S/c1-6-4-17-5-8(6)12(13)7-2-10(15)11(16)3-9(7)14/h2-5,12H,1H3. The molecule has 0 saturated carbocycles. The molecule has 0 amide bonds. The molecule has 5 heteroatoms. The van der Waals surface area contributed by atoms with Gasteiger partial charge in [0.1, 0.15) is 5.82 Å². The summed E-state index contributed by atoms with van der Waals surface area (Å²) in [7, 11) is 0. The fourth-order valence-corrected chi connectivity index (χ4v) is 2.88. The Morgan fingerprint density at radius 1 is 1.00 bits per heavy atom. The molecule has 0 N–H and O–H groups in total. The van der Waals surface area contributed by atoms with Crippen molar-refractivity contribution in [3.05, 3.63) is 57.0 Å². The maximum Gasteiger partial charge on any atom is 0.161 e. The predicted molar refractivity (Wildman–Crippen MR) is 63.1 cm³/mol. The molecular formula is C12H8ClF3S. The second kappa shape index (κ2) is 4.70. The minimum Gasteiger partial charge on any atom is -0.207 e. The van der Waals surface area contributed by atoms with Crippen molar-refractivity contribution in [2.75, 3.05) is 0 Å². The normalized spacial score (nSPS) is 12.8. The summed E-state index contributed by atoms with van der Waals surface area (Å²) in [5, 5.41) is 2.83. The summed E-state index contributed by atoms with van der Waals surface area (Å²) in [5.74, 6) is -3.15. The monoisotopic (exact) mass is 276 g/mol. The van der Waals surface area contributed by atoms with E-state index in [0.29, 0.717) is 11.6 Å². The van der Waals surface area contributed by atoms with Crippen LogP contribution >= 0.6 is 22.9 Å². The zero-order valence-corrected chi connectivity index (χ0v) is 10.4. The number of aryl methyl sites for hydroxylation is 1. The molecule has 90 valence electrons. The minimum absolute atomic E-state index is 0.0490. The van der Waals surface area contributed by atoms with Crippen LogP contribution in [0.25, 0.3) is 0 Å². The Morgan fingerprint density at radius 2 is 1.65 bits per heavy atom. The van der Waals surface area contributed by atoms with Crippen LogP contribution in [-0.2, 0) is 0 Å². The molecule has 0 aliphatic carbocycles. The second-order valence-electron chi connectivity index (χ2n) is 3.66. The van der Waals surface area contributed by atoms with Crippen molar-refractivity contribution in [2.24, 2.45) is 0 Å². The lowest BCUT2D eigenvalue weighted by Crippen LogP contribution is -2.00. The first-order chi connectivity index (χ1) is 8.00. The Kier molecular flexibility index (Phi) is 3.45. The number of benzene rings is 1. The molecule has 1 atom stereocenters. The van der Waals surface area contributed by atoms with Gasteiger partial charge in [-0.05, 0) is 34.9 Å². The van der Waals surface area contributed by atoms with Crippen LogP contribution in [0.15, 0.2) is 22.9 Å². The zero-order valence-electron chi connectivity index (χ0n) is 8.81. The maximum absolute atomic E-state index is 13.5. The number of hydrogen-bond acceptors (Lipinski definition) is 1. The molecule has 0 aliphatic rings. The van der Waals surface area contributed by atoms with Crippen LogP contribution in [0.3, 0.4) is 0 Å². The molecule has 1 heterocycles. The van der Waals surface area contributed by atoms with Crippen molar-refractivity contribution in [3.63, 3.8) is 0 Å². The predicted octanol–water partition coefficient (Wildman–Crippen LogP) is 4.80. The van der Waals surface area contributed by atoms with Crippen molar-refractivity contribution < 1.29 is 13.2 Å². The molecule has 2 rings (SSSR count). The summed E-state index contributed by atoms with van der Waals surface area (Å²) < 4.78 is 39.4. The molecule has 0 radical (unpaired) electrons.